The van der Waals surface area contributed by atoms with E-state index in [4.69, 9.17) is 4.74 Å². The van der Waals surface area contributed by atoms with Crippen LogP contribution in [-0.4, -0.2) is 12.1 Å². The summed E-state index contributed by atoms with van der Waals surface area (Å²) in [6.07, 6.45) is 1.60. The maximum atomic E-state index is 12.1. The van der Waals surface area contributed by atoms with E-state index in [9.17, 15) is 4.79 Å². The van der Waals surface area contributed by atoms with Gasteiger partial charge in [0.2, 0.25) is 0 Å². The first kappa shape index (κ1) is 18.9. The Balaban J connectivity index is 1.58. The second kappa shape index (κ2) is 9.14. The second-order valence-corrected chi connectivity index (χ2v) is 6.89. The molecule has 0 bridgehead atoms. The molecule has 4 nitrogen and oxygen atoms in total. The van der Waals surface area contributed by atoms with E-state index >= 15 is 0 Å². The smallest absolute Gasteiger partial charge is 0.271 e. The zero-order chi connectivity index (χ0) is 19.1. The third-order valence-electron chi connectivity index (χ3n) is 3.85. The van der Waals surface area contributed by atoms with Crippen molar-refractivity contribution in [3.63, 3.8) is 0 Å². The van der Waals surface area contributed by atoms with E-state index in [1.165, 1.54) is 0 Å². The number of carbonyl (C=O) groups excluding carboxylic acids is 1. The van der Waals surface area contributed by atoms with Gasteiger partial charge < -0.3 is 4.74 Å². The molecule has 3 aromatic rings. The summed E-state index contributed by atoms with van der Waals surface area (Å²) in [7, 11) is 0. The van der Waals surface area contributed by atoms with Crippen molar-refractivity contribution in [2.45, 2.75) is 13.5 Å². The Hall–Kier alpha value is -2.92. The summed E-state index contributed by atoms with van der Waals surface area (Å²) in [5, 5.41) is 4.03. The fraction of sp³-hybridized carbons (Fsp3) is 0.0909. The van der Waals surface area contributed by atoms with Crippen LogP contribution in [0.1, 0.15) is 27.0 Å². The normalized spacial score (nSPS) is 10.7. The number of ether oxygens (including phenoxy) is 1. The van der Waals surface area contributed by atoms with Crippen molar-refractivity contribution in [2.24, 2.45) is 5.10 Å². The average molecular weight is 423 g/mol. The van der Waals surface area contributed by atoms with Crippen LogP contribution in [0.15, 0.2) is 82.4 Å². The van der Waals surface area contributed by atoms with E-state index in [1.807, 2.05) is 73.7 Å². The van der Waals surface area contributed by atoms with Gasteiger partial charge in [-0.15, -0.1) is 0 Å². The van der Waals surface area contributed by atoms with Crippen LogP contribution in [-0.2, 0) is 6.61 Å². The number of benzene rings is 3. The van der Waals surface area contributed by atoms with E-state index < -0.39 is 0 Å². The standard InChI is InChI=1S/C22H19BrN2O2/c1-16-6-5-9-19(12-16)22(26)25-24-14-18-10-11-21(20(23)13-18)27-15-17-7-3-2-4-8-17/h2-14H,15H2,1H3,(H,25,26). The molecule has 1 amide bonds. The summed E-state index contributed by atoms with van der Waals surface area (Å²) in [5.74, 6) is 0.511. The largest absolute Gasteiger partial charge is 0.488 e. The van der Waals surface area contributed by atoms with Gasteiger partial charge in [0.25, 0.3) is 5.91 Å². The number of hydrazone groups is 1. The van der Waals surface area contributed by atoms with E-state index in [0.717, 1.165) is 26.9 Å². The van der Waals surface area contributed by atoms with Crippen LogP contribution in [0.25, 0.3) is 0 Å². The van der Waals surface area contributed by atoms with Crippen LogP contribution in [0, 0.1) is 6.92 Å². The molecule has 0 aromatic heterocycles. The van der Waals surface area contributed by atoms with Crippen molar-refractivity contribution in [3.8, 4) is 5.75 Å². The lowest BCUT2D eigenvalue weighted by Crippen LogP contribution is -2.17. The molecule has 3 aromatic carbocycles. The Morgan fingerprint density at radius 3 is 2.63 bits per heavy atom. The van der Waals surface area contributed by atoms with Gasteiger partial charge >= 0.3 is 0 Å². The summed E-state index contributed by atoms with van der Waals surface area (Å²) in [6.45, 7) is 2.44. The molecule has 0 radical (unpaired) electrons. The van der Waals surface area contributed by atoms with Gasteiger partial charge in [-0.2, -0.15) is 5.10 Å². The molecular formula is C22H19BrN2O2. The van der Waals surface area contributed by atoms with Crippen molar-refractivity contribution in [3.05, 3.63) is 99.5 Å². The SMILES string of the molecule is Cc1cccc(C(=O)NN=Cc2ccc(OCc3ccccc3)c(Br)c2)c1. The van der Waals surface area contributed by atoms with Gasteiger partial charge in [0.15, 0.2) is 0 Å². The molecule has 0 aliphatic rings. The third-order valence-corrected chi connectivity index (χ3v) is 4.47. The fourth-order valence-electron chi connectivity index (χ4n) is 2.47. The summed E-state index contributed by atoms with van der Waals surface area (Å²) < 4.78 is 6.65. The third kappa shape index (κ3) is 5.53. The van der Waals surface area contributed by atoms with Crippen molar-refractivity contribution in [1.29, 1.82) is 0 Å². The van der Waals surface area contributed by atoms with Gasteiger partial charge in [-0.3, -0.25) is 4.79 Å². The molecule has 3 rings (SSSR count). The lowest BCUT2D eigenvalue weighted by atomic mass is 10.1. The zero-order valence-corrected chi connectivity index (χ0v) is 16.4. The van der Waals surface area contributed by atoms with Gasteiger partial charge in [0.1, 0.15) is 12.4 Å². The van der Waals surface area contributed by atoms with E-state index in [-0.39, 0.29) is 5.91 Å². The molecule has 5 heteroatoms. The lowest BCUT2D eigenvalue weighted by Gasteiger charge is -2.08. The molecule has 0 spiro atoms. The Morgan fingerprint density at radius 2 is 1.89 bits per heavy atom. The van der Waals surface area contributed by atoms with Crippen molar-refractivity contribution >= 4 is 28.1 Å². The number of nitrogens with one attached hydrogen (secondary N) is 1. The molecule has 0 saturated heterocycles. The maximum Gasteiger partial charge on any atom is 0.271 e. The molecule has 0 unspecified atom stereocenters. The van der Waals surface area contributed by atoms with Gasteiger partial charge in [-0.1, -0.05) is 48.0 Å². The molecular weight excluding hydrogens is 404 g/mol. The molecule has 0 fully saturated rings. The van der Waals surface area contributed by atoms with Crippen molar-refractivity contribution in [2.75, 3.05) is 0 Å². The van der Waals surface area contributed by atoms with Gasteiger partial charge in [0.05, 0.1) is 10.7 Å². The van der Waals surface area contributed by atoms with Crippen LogP contribution < -0.4 is 10.2 Å². The number of amides is 1. The first-order valence-electron chi connectivity index (χ1n) is 8.48. The van der Waals surface area contributed by atoms with Gasteiger partial charge in [-0.25, -0.2) is 5.43 Å². The molecule has 0 heterocycles. The summed E-state index contributed by atoms with van der Waals surface area (Å²) in [5.41, 5.74) is 6.10. The van der Waals surface area contributed by atoms with Crippen molar-refractivity contribution < 1.29 is 9.53 Å². The zero-order valence-electron chi connectivity index (χ0n) is 14.9. The Labute approximate surface area is 167 Å². The monoisotopic (exact) mass is 422 g/mol. The Morgan fingerprint density at radius 1 is 1.07 bits per heavy atom. The Bertz CT molecular complexity index is 956. The minimum absolute atomic E-state index is 0.239. The van der Waals surface area contributed by atoms with Crippen LogP contribution in [0.4, 0.5) is 0 Å². The van der Waals surface area contributed by atoms with Crippen LogP contribution in [0.5, 0.6) is 5.75 Å². The van der Waals surface area contributed by atoms with Gasteiger partial charge in [-0.05, 0) is 64.3 Å². The first-order chi connectivity index (χ1) is 13.1. The molecule has 27 heavy (non-hydrogen) atoms. The summed E-state index contributed by atoms with van der Waals surface area (Å²) in [4.78, 5) is 12.1. The molecule has 1 N–H and O–H groups in total. The number of halogens is 1. The maximum absolute atomic E-state index is 12.1. The highest BCUT2D eigenvalue weighted by molar-refractivity contribution is 9.10. The highest BCUT2D eigenvalue weighted by Crippen LogP contribution is 2.26. The highest BCUT2D eigenvalue weighted by atomic mass is 79.9. The van der Waals surface area contributed by atoms with Crippen molar-refractivity contribution in [1.82, 2.24) is 5.43 Å². The summed E-state index contributed by atoms with van der Waals surface area (Å²) >= 11 is 3.51. The number of nitrogens with zero attached hydrogens (tertiary/aromatic N) is 1. The molecule has 136 valence electrons. The number of rotatable bonds is 6. The second-order valence-electron chi connectivity index (χ2n) is 6.03. The number of aryl methyl sites for hydroxylation is 1. The van der Waals surface area contributed by atoms with Crippen LogP contribution in [0.3, 0.4) is 0 Å². The number of hydrogen-bond acceptors (Lipinski definition) is 3. The van der Waals surface area contributed by atoms with E-state index in [2.05, 4.69) is 26.5 Å². The topological polar surface area (TPSA) is 50.7 Å². The minimum Gasteiger partial charge on any atom is -0.488 e. The van der Waals surface area contributed by atoms with Crippen LogP contribution in [0.2, 0.25) is 0 Å². The quantitative estimate of drug-likeness (QED) is 0.443. The van der Waals surface area contributed by atoms with E-state index in [1.54, 1.807) is 12.3 Å². The molecule has 0 saturated carbocycles. The van der Waals surface area contributed by atoms with E-state index in [0.29, 0.717) is 12.2 Å². The molecule has 0 atom stereocenters. The van der Waals surface area contributed by atoms with Gasteiger partial charge in [0, 0.05) is 5.56 Å². The molecule has 0 aliphatic heterocycles. The number of carbonyl (C=O) groups is 1. The minimum atomic E-state index is -0.239. The molecule has 0 aliphatic carbocycles. The number of hydrogen-bond donors (Lipinski definition) is 1. The predicted molar refractivity (Wildman–Crippen MR) is 111 cm³/mol. The highest BCUT2D eigenvalue weighted by Gasteiger charge is 2.05. The predicted octanol–water partition coefficient (Wildman–Crippen LogP) is 5.10. The lowest BCUT2D eigenvalue weighted by molar-refractivity contribution is 0.0955. The fourth-order valence-corrected chi connectivity index (χ4v) is 2.98. The Kier molecular flexibility index (Phi) is 6.39. The average Bonchev–Trinajstić information content (AvgIpc) is 2.68. The first-order valence-corrected chi connectivity index (χ1v) is 9.27. The summed E-state index contributed by atoms with van der Waals surface area (Å²) in [6, 6.07) is 23.0. The van der Waals surface area contributed by atoms with Crippen LogP contribution >= 0.6 is 15.9 Å².